The SMILES string of the molecule is CC(=O)CC(C)c1ccc(Cl)cc1. The van der Waals surface area contributed by atoms with Crippen LogP contribution in [0.3, 0.4) is 0 Å². The molecule has 0 aromatic heterocycles. The molecule has 0 saturated heterocycles. The van der Waals surface area contributed by atoms with Crippen molar-refractivity contribution in [1.82, 2.24) is 0 Å². The van der Waals surface area contributed by atoms with Crippen molar-refractivity contribution in [2.75, 3.05) is 0 Å². The minimum atomic E-state index is 0.224. The number of hydrogen-bond acceptors (Lipinski definition) is 1. The third-order valence-electron chi connectivity index (χ3n) is 2.03. The summed E-state index contributed by atoms with van der Waals surface area (Å²) in [6, 6.07) is 7.65. The molecule has 0 bridgehead atoms. The molecule has 1 aromatic carbocycles. The topological polar surface area (TPSA) is 17.1 Å². The fourth-order valence-corrected chi connectivity index (χ4v) is 1.47. The molecule has 0 spiro atoms. The molecule has 0 saturated carbocycles. The van der Waals surface area contributed by atoms with Gasteiger partial charge in [0.05, 0.1) is 0 Å². The summed E-state index contributed by atoms with van der Waals surface area (Å²) < 4.78 is 0. The molecule has 70 valence electrons. The molecule has 13 heavy (non-hydrogen) atoms. The van der Waals surface area contributed by atoms with Crippen LogP contribution in [-0.2, 0) is 4.79 Å². The lowest BCUT2D eigenvalue weighted by atomic mass is 9.96. The van der Waals surface area contributed by atoms with Crippen molar-refractivity contribution >= 4 is 17.4 Å². The molecular formula is C11H13ClO. The van der Waals surface area contributed by atoms with Gasteiger partial charge in [-0.2, -0.15) is 0 Å². The van der Waals surface area contributed by atoms with Gasteiger partial charge >= 0.3 is 0 Å². The standard InChI is InChI=1S/C11H13ClO/c1-8(7-9(2)13)10-3-5-11(12)6-4-10/h3-6,8H,7H2,1-2H3. The van der Waals surface area contributed by atoms with E-state index in [1.165, 1.54) is 5.56 Å². The molecule has 0 aliphatic heterocycles. The first-order chi connectivity index (χ1) is 6.09. The Morgan fingerprint density at radius 2 is 1.92 bits per heavy atom. The van der Waals surface area contributed by atoms with Crippen LogP contribution in [-0.4, -0.2) is 5.78 Å². The van der Waals surface area contributed by atoms with E-state index >= 15 is 0 Å². The number of carbonyl (C=O) groups is 1. The highest BCUT2D eigenvalue weighted by molar-refractivity contribution is 6.30. The quantitative estimate of drug-likeness (QED) is 0.724. The molecule has 0 amide bonds. The minimum absolute atomic E-state index is 0.224. The van der Waals surface area contributed by atoms with Gasteiger partial charge in [-0.25, -0.2) is 0 Å². The highest BCUT2D eigenvalue weighted by Crippen LogP contribution is 2.20. The van der Waals surface area contributed by atoms with Crippen LogP contribution in [0.25, 0.3) is 0 Å². The fourth-order valence-electron chi connectivity index (χ4n) is 1.34. The predicted molar refractivity (Wildman–Crippen MR) is 55.2 cm³/mol. The van der Waals surface area contributed by atoms with E-state index in [9.17, 15) is 4.79 Å². The first kappa shape index (κ1) is 10.3. The first-order valence-electron chi connectivity index (χ1n) is 4.34. The van der Waals surface area contributed by atoms with Crippen LogP contribution in [0.5, 0.6) is 0 Å². The molecule has 0 aliphatic rings. The Hall–Kier alpha value is -0.820. The zero-order chi connectivity index (χ0) is 9.84. The minimum Gasteiger partial charge on any atom is -0.300 e. The zero-order valence-electron chi connectivity index (χ0n) is 7.88. The van der Waals surface area contributed by atoms with Crippen LogP contribution in [0.4, 0.5) is 0 Å². The summed E-state index contributed by atoms with van der Waals surface area (Å²) in [5.74, 6) is 0.511. The molecule has 1 aromatic rings. The third-order valence-corrected chi connectivity index (χ3v) is 2.28. The second kappa shape index (κ2) is 4.43. The van der Waals surface area contributed by atoms with E-state index < -0.39 is 0 Å². The lowest BCUT2D eigenvalue weighted by Gasteiger charge is -2.09. The number of Topliss-reactive ketones (excluding diaryl/α,β-unsaturated/α-hetero) is 1. The lowest BCUT2D eigenvalue weighted by molar-refractivity contribution is -0.117. The lowest BCUT2D eigenvalue weighted by Crippen LogP contribution is -1.99. The average Bonchev–Trinajstić information content (AvgIpc) is 2.04. The van der Waals surface area contributed by atoms with Crippen molar-refractivity contribution in [2.45, 2.75) is 26.2 Å². The number of halogens is 1. The third kappa shape index (κ3) is 3.19. The van der Waals surface area contributed by atoms with Gasteiger partial charge in [-0.3, -0.25) is 0 Å². The number of carbonyl (C=O) groups excluding carboxylic acids is 1. The van der Waals surface area contributed by atoms with Crippen molar-refractivity contribution in [3.63, 3.8) is 0 Å². The molecule has 1 atom stereocenters. The summed E-state index contributed by atoms with van der Waals surface area (Å²) in [6.45, 7) is 3.66. The highest BCUT2D eigenvalue weighted by Gasteiger charge is 2.07. The molecule has 1 rings (SSSR count). The zero-order valence-corrected chi connectivity index (χ0v) is 8.64. The fraction of sp³-hybridized carbons (Fsp3) is 0.364. The van der Waals surface area contributed by atoms with Gasteiger partial charge in [0.15, 0.2) is 0 Å². The van der Waals surface area contributed by atoms with Crippen LogP contribution in [0.15, 0.2) is 24.3 Å². The normalized spacial score (nSPS) is 12.5. The molecule has 1 unspecified atom stereocenters. The summed E-state index contributed by atoms with van der Waals surface area (Å²) in [6.07, 6.45) is 0.599. The Balaban J connectivity index is 2.71. The smallest absolute Gasteiger partial charge is 0.130 e. The van der Waals surface area contributed by atoms with Crippen LogP contribution in [0, 0.1) is 0 Å². The van der Waals surface area contributed by atoms with E-state index in [-0.39, 0.29) is 11.7 Å². The number of rotatable bonds is 3. The predicted octanol–water partition coefficient (Wildman–Crippen LogP) is 3.42. The van der Waals surface area contributed by atoms with Crippen molar-refractivity contribution in [3.05, 3.63) is 34.9 Å². The molecule has 0 fully saturated rings. The van der Waals surface area contributed by atoms with Gasteiger partial charge in [-0.1, -0.05) is 30.7 Å². The van der Waals surface area contributed by atoms with Crippen molar-refractivity contribution in [2.24, 2.45) is 0 Å². The molecule has 0 N–H and O–H groups in total. The summed E-state index contributed by atoms with van der Waals surface area (Å²) in [4.78, 5) is 10.9. The van der Waals surface area contributed by atoms with Crippen molar-refractivity contribution in [1.29, 1.82) is 0 Å². The second-order valence-electron chi connectivity index (χ2n) is 3.36. The van der Waals surface area contributed by atoms with Gasteiger partial charge in [0.25, 0.3) is 0 Å². The van der Waals surface area contributed by atoms with E-state index in [1.54, 1.807) is 6.92 Å². The Bertz CT molecular complexity index is 289. The molecule has 0 aliphatic carbocycles. The summed E-state index contributed by atoms with van der Waals surface area (Å²) in [5, 5.41) is 0.735. The molecular weight excluding hydrogens is 184 g/mol. The van der Waals surface area contributed by atoms with Crippen LogP contribution >= 0.6 is 11.6 Å². The second-order valence-corrected chi connectivity index (χ2v) is 3.80. The maximum absolute atomic E-state index is 10.9. The van der Waals surface area contributed by atoms with Gasteiger partial charge in [-0.15, -0.1) is 0 Å². The molecule has 1 nitrogen and oxygen atoms in total. The van der Waals surface area contributed by atoms with Gasteiger partial charge in [0.2, 0.25) is 0 Å². The van der Waals surface area contributed by atoms with E-state index in [0.717, 1.165) is 5.02 Å². The monoisotopic (exact) mass is 196 g/mol. The molecule has 2 heteroatoms. The average molecular weight is 197 g/mol. The maximum atomic E-state index is 10.9. The van der Waals surface area contributed by atoms with Gasteiger partial charge in [0.1, 0.15) is 5.78 Å². The molecule has 0 radical (unpaired) electrons. The van der Waals surface area contributed by atoms with Gasteiger partial charge in [0, 0.05) is 11.4 Å². The van der Waals surface area contributed by atoms with Crippen LogP contribution in [0.1, 0.15) is 31.7 Å². The number of ketones is 1. The van der Waals surface area contributed by atoms with E-state index in [0.29, 0.717) is 6.42 Å². The van der Waals surface area contributed by atoms with Crippen LogP contribution < -0.4 is 0 Å². The highest BCUT2D eigenvalue weighted by atomic mass is 35.5. The van der Waals surface area contributed by atoms with Crippen molar-refractivity contribution in [3.8, 4) is 0 Å². The van der Waals surface area contributed by atoms with Crippen molar-refractivity contribution < 1.29 is 4.79 Å². The van der Waals surface area contributed by atoms with E-state index in [2.05, 4.69) is 0 Å². The maximum Gasteiger partial charge on any atom is 0.130 e. The summed E-state index contributed by atoms with van der Waals surface area (Å²) in [5.41, 5.74) is 1.17. The Kier molecular flexibility index (Phi) is 3.49. The van der Waals surface area contributed by atoms with E-state index in [1.807, 2.05) is 31.2 Å². The number of benzene rings is 1. The van der Waals surface area contributed by atoms with E-state index in [4.69, 9.17) is 11.6 Å². The van der Waals surface area contributed by atoms with Gasteiger partial charge in [-0.05, 0) is 30.5 Å². The summed E-state index contributed by atoms with van der Waals surface area (Å²) >= 11 is 5.76. The largest absolute Gasteiger partial charge is 0.300 e. The Morgan fingerprint density at radius 1 is 1.38 bits per heavy atom. The molecule has 0 heterocycles. The Labute approximate surface area is 83.7 Å². The van der Waals surface area contributed by atoms with Gasteiger partial charge < -0.3 is 4.79 Å². The van der Waals surface area contributed by atoms with Crippen LogP contribution in [0.2, 0.25) is 5.02 Å². The Morgan fingerprint density at radius 3 is 2.38 bits per heavy atom. The first-order valence-corrected chi connectivity index (χ1v) is 4.72. The summed E-state index contributed by atoms with van der Waals surface area (Å²) in [7, 11) is 0. The number of hydrogen-bond donors (Lipinski definition) is 0.